The van der Waals surface area contributed by atoms with E-state index in [1.54, 1.807) is 12.1 Å². The van der Waals surface area contributed by atoms with Crippen molar-refractivity contribution in [3.05, 3.63) is 59.7 Å². The molecule has 2 aliphatic carbocycles. The third kappa shape index (κ3) is 5.31. The maximum absolute atomic E-state index is 13.5. The van der Waals surface area contributed by atoms with Crippen LogP contribution < -0.4 is 0 Å². The normalized spacial score (nSPS) is 28.2. The van der Waals surface area contributed by atoms with Crippen molar-refractivity contribution in [2.24, 2.45) is 17.8 Å². The van der Waals surface area contributed by atoms with Gasteiger partial charge in [-0.1, -0.05) is 24.3 Å². The van der Waals surface area contributed by atoms with Crippen LogP contribution in [-0.2, 0) is 0 Å². The average molecular weight is 384 g/mol. The van der Waals surface area contributed by atoms with Crippen molar-refractivity contribution in [2.75, 3.05) is 0 Å². The highest BCUT2D eigenvalue weighted by Gasteiger charge is 2.30. The molecule has 0 spiro atoms. The van der Waals surface area contributed by atoms with Crippen LogP contribution in [-0.4, -0.2) is 0 Å². The van der Waals surface area contributed by atoms with Crippen LogP contribution in [0.4, 0.5) is 8.78 Å². The molecule has 1 aromatic carbocycles. The predicted molar refractivity (Wildman–Crippen MR) is 110 cm³/mol. The molecule has 0 bridgehead atoms. The van der Waals surface area contributed by atoms with Crippen LogP contribution in [0.3, 0.4) is 0 Å². The second kappa shape index (κ2) is 10.0. The molecule has 0 amide bonds. The summed E-state index contributed by atoms with van der Waals surface area (Å²) >= 11 is 0. The number of benzene rings is 1. The molecule has 0 radical (unpaired) electrons. The first-order valence-corrected chi connectivity index (χ1v) is 10.8. The summed E-state index contributed by atoms with van der Waals surface area (Å²) in [6.07, 6.45) is 15.1. The lowest BCUT2D eigenvalue weighted by Gasteiger charge is -2.36. The zero-order chi connectivity index (χ0) is 19.9. The summed E-state index contributed by atoms with van der Waals surface area (Å²) in [7, 11) is 0. The minimum absolute atomic E-state index is 0.344. The number of halogens is 2. The van der Waals surface area contributed by atoms with E-state index in [1.165, 1.54) is 49.8 Å². The number of rotatable bonds is 6. The monoisotopic (exact) mass is 383 g/mol. The Labute approximate surface area is 168 Å². The third-order valence-corrected chi connectivity index (χ3v) is 6.97. The molecule has 0 unspecified atom stereocenters. The quantitative estimate of drug-likeness (QED) is 0.369. The largest absolute Gasteiger partial charge is 0.204 e. The van der Waals surface area contributed by atoms with Gasteiger partial charge in [0, 0.05) is 6.08 Å². The summed E-state index contributed by atoms with van der Waals surface area (Å²) in [5, 5.41) is 8.55. The van der Waals surface area contributed by atoms with Crippen molar-refractivity contribution >= 4 is 0 Å². The van der Waals surface area contributed by atoms with Crippen molar-refractivity contribution in [1.29, 1.82) is 5.26 Å². The van der Waals surface area contributed by atoms with Gasteiger partial charge in [-0.05, 0) is 106 Å². The summed E-state index contributed by atoms with van der Waals surface area (Å²) in [6.45, 7) is 4.48. The Morgan fingerprint density at radius 1 is 1.00 bits per heavy atom. The van der Waals surface area contributed by atoms with E-state index in [0.717, 1.165) is 43.6 Å². The molecule has 3 rings (SSSR count). The minimum Gasteiger partial charge on any atom is -0.204 e. The molecule has 0 aromatic heterocycles. The Hall–Kier alpha value is -1.95. The molecule has 2 saturated carbocycles. The summed E-state index contributed by atoms with van der Waals surface area (Å²) in [6, 6.07) is 6.43. The number of allylic oxidation sites excluding steroid dienone is 3. The van der Waals surface area contributed by atoms with Crippen LogP contribution >= 0.6 is 0 Å². The summed E-state index contributed by atoms with van der Waals surface area (Å²) < 4.78 is 26.7. The molecule has 0 N–H and O–H groups in total. The van der Waals surface area contributed by atoms with Gasteiger partial charge in [-0.2, -0.15) is 5.26 Å². The predicted octanol–water partition coefficient (Wildman–Crippen LogP) is 7.46. The topological polar surface area (TPSA) is 23.8 Å². The lowest BCUT2D eigenvalue weighted by Crippen LogP contribution is -2.22. The summed E-state index contributed by atoms with van der Waals surface area (Å²) in [5.41, 5.74) is 2.38. The van der Waals surface area contributed by atoms with E-state index in [-0.39, 0.29) is 0 Å². The van der Waals surface area contributed by atoms with Crippen LogP contribution in [0.2, 0.25) is 0 Å². The molecule has 0 aliphatic heterocycles. The molecule has 28 heavy (non-hydrogen) atoms. The van der Waals surface area contributed by atoms with E-state index in [2.05, 4.69) is 12.6 Å². The first kappa shape index (κ1) is 20.8. The first-order valence-electron chi connectivity index (χ1n) is 10.8. The van der Waals surface area contributed by atoms with Crippen LogP contribution in [0.1, 0.15) is 75.7 Å². The molecule has 0 atom stereocenters. The van der Waals surface area contributed by atoms with Gasteiger partial charge in [0.1, 0.15) is 0 Å². The van der Waals surface area contributed by atoms with E-state index < -0.39 is 11.6 Å². The number of hydrogen-bond donors (Lipinski definition) is 0. The lowest BCUT2D eigenvalue weighted by atomic mass is 9.69. The first-order chi connectivity index (χ1) is 13.6. The average Bonchev–Trinajstić information content (AvgIpc) is 2.73. The van der Waals surface area contributed by atoms with Crippen LogP contribution in [0.25, 0.3) is 0 Å². The molecule has 0 saturated heterocycles. The van der Waals surface area contributed by atoms with Crippen LogP contribution in [0.15, 0.2) is 42.5 Å². The van der Waals surface area contributed by atoms with Crippen LogP contribution in [0, 0.1) is 40.7 Å². The summed E-state index contributed by atoms with van der Waals surface area (Å²) in [5.74, 6) is 0.872. The molecular formula is C25H31F2N. The third-order valence-electron chi connectivity index (χ3n) is 6.97. The molecule has 1 nitrogen and oxygen atoms in total. The van der Waals surface area contributed by atoms with Gasteiger partial charge < -0.3 is 0 Å². The fourth-order valence-electron chi connectivity index (χ4n) is 5.19. The van der Waals surface area contributed by atoms with E-state index in [0.29, 0.717) is 17.8 Å². The van der Waals surface area contributed by atoms with Crippen molar-refractivity contribution in [3.8, 4) is 6.07 Å². The van der Waals surface area contributed by atoms with Gasteiger partial charge in [-0.15, -0.1) is 0 Å². The Morgan fingerprint density at radius 3 is 2.25 bits per heavy atom. The molecule has 2 fully saturated rings. The second-order valence-corrected chi connectivity index (χ2v) is 8.62. The van der Waals surface area contributed by atoms with Crippen molar-refractivity contribution < 1.29 is 8.78 Å². The van der Waals surface area contributed by atoms with Gasteiger partial charge in [0.05, 0.1) is 6.07 Å². The van der Waals surface area contributed by atoms with E-state index in [4.69, 9.17) is 5.26 Å². The Kier molecular flexibility index (Phi) is 7.43. The molecule has 0 heterocycles. The second-order valence-electron chi connectivity index (χ2n) is 8.62. The maximum atomic E-state index is 13.5. The highest BCUT2D eigenvalue weighted by molar-refractivity contribution is 5.23. The van der Waals surface area contributed by atoms with Gasteiger partial charge in [-0.3, -0.25) is 0 Å². The molecular weight excluding hydrogens is 352 g/mol. The fourth-order valence-corrected chi connectivity index (χ4v) is 5.19. The number of hydrogen-bond acceptors (Lipinski definition) is 1. The highest BCUT2D eigenvalue weighted by atomic mass is 19.2. The van der Waals surface area contributed by atoms with E-state index >= 15 is 0 Å². The van der Waals surface area contributed by atoms with Gasteiger partial charge in [0.15, 0.2) is 11.6 Å². The van der Waals surface area contributed by atoms with Gasteiger partial charge in [0.2, 0.25) is 0 Å². The van der Waals surface area contributed by atoms with Crippen molar-refractivity contribution in [1.82, 2.24) is 0 Å². The number of nitrogens with zero attached hydrogens (tertiary/aromatic N) is 1. The van der Waals surface area contributed by atoms with Crippen LogP contribution in [0.5, 0.6) is 0 Å². The zero-order valence-electron chi connectivity index (χ0n) is 16.7. The van der Waals surface area contributed by atoms with Crippen molar-refractivity contribution in [3.63, 3.8) is 0 Å². The molecule has 150 valence electrons. The van der Waals surface area contributed by atoms with Gasteiger partial charge in [-0.25, -0.2) is 8.78 Å². The molecule has 1 aromatic rings. The lowest BCUT2D eigenvalue weighted by molar-refractivity contribution is 0.260. The van der Waals surface area contributed by atoms with Gasteiger partial charge >= 0.3 is 0 Å². The Morgan fingerprint density at radius 2 is 1.64 bits per heavy atom. The van der Waals surface area contributed by atoms with Gasteiger partial charge in [0.25, 0.3) is 0 Å². The maximum Gasteiger partial charge on any atom is 0.159 e. The molecule has 2 aliphatic rings. The zero-order valence-corrected chi connectivity index (χ0v) is 16.7. The number of nitriles is 1. The highest BCUT2D eigenvalue weighted by Crippen LogP contribution is 2.44. The SMILES string of the molecule is C=C(C1CCC(CCC=CC#N)CC1)C1CCC(c2ccc(F)c(F)c2)CC1. The standard InChI is InChI=1S/C25H31F2N/c1-18(20-8-6-19(7-9-20)5-3-2-4-16-28)21-10-12-22(13-11-21)23-14-15-24(26)25(27)17-23/h2,4,14-15,17,19-22H,1,3,5-13H2. The smallest absolute Gasteiger partial charge is 0.159 e. The fraction of sp³-hybridized carbons (Fsp3) is 0.560. The Bertz CT molecular complexity index is 729. The Balaban J connectivity index is 1.43. The minimum atomic E-state index is -0.762. The summed E-state index contributed by atoms with van der Waals surface area (Å²) in [4.78, 5) is 0. The molecule has 3 heteroatoms. The van der Waals surface area contributed by atoms with Crippen molar-refractivity contribution in [2.45, 2.75) is 70.1 Å². The van der Waals surface area contributed by atoms with E-state index in [9.17, 15) is 8.78 Å². The van der Waals surface area contributed by atoms with E-state index in [1.807, 2.05) is 6.08 Å².